The molecule has 0 amide bonds. The zero-order valence-corrected chi connectivity index (χ0v) is 14.5. The molecule has 1 aromatic carbocycles. The van der Waals surface area contributed by atoms with Gasteiger partial charge in [-0.2, -0.15) is 0 Å². The third-order valence-electron chi connectivity index (χ3n) is 3.09. The van der Waals surface area contributed by atoms with Gasteiger partial charge in [0.25, 0.3) is 0 Å². The summed E-state index contributed by atoms with van der Waals surface area (Å²) in [5.74, 6) is -1.34. The van der Waals surface area contributed by atoms with Crippen molar-refractivity contribution in [1.82, 2.24) is 0 Å². The Morgan fingerprint density at radius 3 is 2.17 bits per heavy atom. The Labute approximate surface area is 136 Å². The highest BCUT2D eigenvalue weighted by molar-refractivity contribution is 5.95. The molecule has 0 aliphatic heterocycles. The van der Waals surface area contributed by atoms with Crippen molar-refractivity contribution < 1.29 is 28.5 Å². The van der Waals surface area contributed by atoms with Crippen LogP contribution in [0.3, 0.4) is 0 Å². The number of benzene rings is 1. The SMILES string of the molecule is COC(=O)C(Cc1cccc(OC)c1OC)C(=O)OC(C)(C)C. The average molecular weight is 324 g/mol. The average Bonchev–Trinajstić information content (AvgIpc) is 2.49. The number of carbonyl (C=O) groups is 2. The summed E-state index contributed by atoms with van der Waals surface area (Å²) in [5.41, 5.74) is -0.0324. The van der Waals surface area contributed by atoms with Gasteiger partial charge in [0.2, 0.25) is 0 Å². The first kappa shape index (κ1) is 18.8. The van der Waals surface area contributed by atoms with Crippen molar-refractivity contribution in [3.63, 3.8) is 0 Å². The van der Waals surface area contributed by atoms with E-state index in [-0.39, 0.29) is 6.42 Å². The minimum atomic E-state index is -1.07. The molecule has 0 N–H and O–H groups in total. The van der Waals surface area contributed by atoms with Crippen molar-refractivity contribution >= 4 is 11.9 Å². The van der Waals surface area contributed by atoms with Gasteiger partial charge in [-0.1, -0.05) is 12.1 Å². The van der Waals surface area contributed by atoms with E-state index < -0.39 is 23.5 Å². The van der Waals surface area contributed by atoms with Gasteiger partial charge in [-0.3, -0.25) is 9.59 Å². The van der Waals surface area contributed by atoms with Crippen LogP contribution in [0.25, 0.3) is 0 Å². The largest absolute Gasteiger partial charge is 0.493 e. The second-order valence-electron chi connectivity index (χ2n) is 5.97. The molecule has 0 bridgehead atoms. The van der Waals surface area contributed by atoms with Gasteiger partial charge in [-0.05, 0) is 32.4 Å². The van der Waals surface area contributed by atoms with E-state index in [0.717, 1.165) is 0 Å². The second kappa shape index (κ2) is 7.85. The number of rotatable bonds is 6. The molecule has 0 spiro atoms. The third kappa shape index (κ3) is 5.16. The van der Waals surface area contributed by atoms with Crippen LogP contribution >= 0.6 is 0 Å². The van der Waals surface area contributed by atoms with Crippen LogP contribution in [0, 0.1) is 5.92 Å². The number of esters is 2. The van der Waals surface area contributed by atoms with Crippen molar-refractivity contribution in [1.29, 1.82) is 0 Å². The van der Waals surface area contributed by atoms with E-state index in [1.807, 2.05) is 0 Å². The van der Waals surface area contributed by atoms with Crippen molar-refractivity contribution in [2.75, 3.05) is 21.3 Å². The van der Waals surface area contributed by atoms with Crippen LogP contribution in [-0.4, -0.2) is 38.9 Å². The number of carbonyl (C=O) groups excluding carboxylic acids is 2. The standard InChI is InChI=1S/C17H24O6/c1-17(2,3)23-16(19)12(15(18)22-6)10-11-8-7-9-13(20-4)14(11)21-5/h7-9,12H,10H2,1-6H3. The maximum Gasteiger partial charge on any atom is 0.321 e. The smallest absolute Gasteiger partial charge is 0.321 e. The summed E-state index contributed by atoms with van der Waals surface area (Å²) in [6, 6.07) is 5.27. The van der Waals surface area contributed by atoms with E-state index in [4.69, 9.17) is 18.9 Å². The Bertz CT molecular complexity index is 559. The first-order chi connectivity index (χ1) is 10.7. The molecule has 23 heavy (non-hydrogen) atoms. The van der Waals surface area contributed by atoms with Crippen molar-refractivity contribution in [2.24, 2.45) is 5.92 Å². The van der Waals surface area contributed by atoms with Crippen molar-refractivity contribution in [2.45, 2.75) is 32.8 Å². The van der Waals surface area contributed by atoms with Crippen LogP contribution in [0.2, 0.25) is 0 Å². The number of hydrogen-bond acceptors (Lipinski definition) is 6. The molecule has 1 unspecified atom stereocenters. The van der Waals surface area contributed by atoms with Gasteiger partial charge in [0.15, 0.2) is 17.4 Å². The summed E-state index contributed by atoms with van der Waals surface area (Å²) < 4.78 is 20.6. The van der Waals surface area contributed by atoms with Gasteiger partial charge >= 0.3 is 11.9 Å². The van der Waals surface area contributed by atoms with E-state index in [0.29, 0.717) is 17.1 Å². The molecular weight excluding hydrogens is 300 g/mol. The lowest BCUT2D eigenvalue weighted by molar-refractivity contribution is -0.168. The highest BCUT2D eigenvalue weighted by atomic mass is 16.6. The summed E-state index contributed by atoms with van der Waals surface area (Å²) >= 11 is 0. The van der Waals surface area contributed by atoms with Gasteiger partial charge in [0, 0.05) is 6.42 Å². The lowest BCUT2D eigenvalue weighted by atomic mass is 9.98. The molecule has 1 aromatic rings. The van der Waals surface area contributed by atoms with E-state index >= 15 is 0 Å². The van der Waals surface area contributed by atoms with E-state index in [2.05, 4.69) is 0 Å². The summed E-state index contributed by atoms with van der Waals surface area (Å²) in [4.78, 5) is 24.3. The number of para-hydroxylation sites is 1. The molecule has 0 radical (unpaired) electrons. The molecule has 1 atom stereocenters. The van der Waals surface area contributed by atoms with E-state index in [9.17, 15) is 9.59 Å². The highest BCUT2D eigenvalue weighted by Crippen LogP contribution is 2.32. The Morgan fingerprint density at radius 1 is 1.04 bits per heavy atom. The monoisotopic (exact) mass is 324 g/mol. The lowest BCUT2D eigenvalue weighted by Crippen LogP contribution is -2.34. The molecule has 0 saturated heterocycles. The van der Waals surface area contributed by atoms with E-state index in [1.54, 1.807) is 39.0 Å². The molecule has 0 aromatic heterocycles. The fourth-order valence-electron chi connectivity index (χ4n) is 2.11. The van der Waals surface area contributed by atoms with E-state index in [1.165, 1.54) is 21.3 Å². The second-order valence-corrected chi connectivity index (χ2v) is 5.97. The van der Waals surface area contributed by atoms with Crippen molar-refractivity contribution in [3.05, 3.63) is 23.8 Å². The Balaban J connectivity index is 3.12. The number of methoxy groups -OCH3 is 3. The first-order valence-electron chi connectivity index (χ1n) is 7.24. The summed E-state index contributed by atoms with van der Waals surface area (Å²) in [7, 11) is 4.26. The van der Waals surface area contributed by atoms with Crippen LogP contribution in [0.4, 0.5) is 0 Å². The van der Waals surface area contributed by atoms with Gasteiger partial charge in [0.1, 0.15) is 5.60 Å². The quantitative estimate of drug-likeness (QED) is 0.591. The van der Waals surface area contributed by atoms with Gasteiger partial charge in [0.05, 0.1) is 21.3 Å². The predicted molar refractivity (Wildman–Crippen MR) is 84.6 cm³/mol. The predicted octanol–water partition coefficient (Wildman–Crippen LogP) is 2.38. The van der Waals surface area contributed by atoms with Crippen LogP contribution in [-0.2, 0) is 25.5 Å². The minimum absolute atomic E-state index is 0.0992. The molecule has 6 nitrogen and oxygen atoms in total. The fraction of sp³-hybridized carbons (Fsp3) is 0.529. The summed E-state index contributed by atoms with van der Waals surface area (Å²) in [6.07, 6.45) is 0.0992. The van der Waals surface area contributed by atoms with Crippen LogP contribution < -0.4 is 9.47 Å². The minimum Gasteiger partial charge on any atom is -0.493 e. The van der Waals surface area contributed by atoms with Crippen LogP contribution in [0.5, 0.6) is 11.5 Å². The summed E-state index contributed by atoms with van der Waals surface area (Å²) in [6.45, 7) is 5.22. The molecule has 0 aliphatic rings. The zero-order valence-electron chi connectivity index (χ0n) is 14.5. The lowest BCUT2D eigenvalue weighted by Gasteiger charge is -2.23. The maximum absolute atomic E-state index is 12.3. The highest BCUT2D eigenvalue weighted by Gasteiger charge is 2.33. The van der Waals surface area contributed by atoms with Crippen LogP contribution in [0.1, 0.15) is 26.3 Å². The van der Waals surface area contributed by atoms with Crippen molar-refractivity contribution in [3.8, 4) is 11.5 Å². The molecule has 0 aliphatic carbocycles. The molecule has 0 heterocycles. The molecule has 0 fully saturated rings. The molecule has 128 valence electrons. The Kier molecular flexibility index (Phi) is 6.42. The van der Waals surface area contributed by atoms with Gasteiger partial charge in [-0.15, -0.1) is 0 Å². The topological polar surface area (TPSA) is 71.1 Å². The normalized spacial score (nSPS) is 12.3. The van der Waals surface area contributed by atoms with Gasteiger partial charge in [-0.25, -0.2) is 0 Å². The maximum atomic E-state index is 12.3. The molecular formula is C17H24O6. The molecule has 0 saturated carbocycles. The third-order valence-corrected chi connectivity index (χ3v) is 3.09. The number of hydrogen-bond donors (Lipinski definition) is 0. The number of ether oxygens (including phenoxy) is 4. The Morgan fingerprint density at radius 2 is 1.70 bits per heavy atom. The fourth-order valence-corrected chi connectivity index (χ4v) is 2.11. The van der Waals surface area contributed by atoms with Crippen LogP contribution in [0.15, 0.2) is 18.2 Å². The summed E-state index contributed by atoms with van der Waals surface area (Å²) in [5, 5.41) is 0. The molecule has 1 rings (SSSR count). The Hall–Kier alpha value is -2.24. The molecule has 6 heteroatoms. The first-order valence-corrected chi connectivity index (χ1v) is 7.24. The van der Waals surface area contributed by atoms with Gasteiger partial charge < -0.3 is 18.9 Å². The zero-order chi connectivity index (χ0) is 17.6.